The average Bonchev–Trinajstić information content (AvgIpc) is 2.79. The average molecular weight is 313 g/mol. The second-order valence-electron chi connectivity index (χ2n) is 6.07. The molecule has 2 aliphatic rings. The summed E-state index contributed by atoms with van der Waals surface area (Å²) in [6.07, 6.45) is 1.50. The van der Waals surface area contributed by atoms with Gasteiger partial charge in [0.1, 0.15) is 6.61 Å². The number of benzene rings is 1. The van der Waals surface area contributed by atoms with Crippen LogP contribution in [0.1, 0.15) is 30.4 Å². The molecule has 5 heteroatoms. The van der Waals surface area contributed by atoms with Crippen LogP contribution in [0.5, 0.6) is 0 Å². The molecule has 1 aromatic rings. The smallest absolute Gasteiger partial charge is 0.333 e. The number of nitrogens with zero attached hydrogens (tertiary/aromatic N) is 1. The zero-order valence-corrected chi connectivity index (χ0v) is 13.1. The normalized spacial score (nSPS) is 22.6. The molecule has 0 bridgehead atoms. The summed E-state index contributed by atoms with van der Waals surface area (Å²) < 4.78 is 5.00. The van der Waals surface area contributed by atoms with E-state index in [1.165, 1.54) is 4.90 Å². The Labute approximate surface area is 134 Å². The highest BCUT2D eigenvalue weighted by Gasteiger charge is 2.49. The Morgan fingerprint density at radius 2 is 2.04 bits per heavy atom. The Kier molecular flexibility index (Phi) is 4.03. The lowest BCUT2D eigenvalue weighted by Crippen LogP contribution is -2.34. The highest BCUT2D eigenvalue weighted by Crippen LogP contribution is 2.42. The molecule has 0 saturated carbocycles. The van der Waals surface area contributed by atoms with E-state index < -0.39 is 5.97 Å². The van der Waals surface area contributed by atoms with Gasteiger partial charge in [0.25, 0.3) is 0 Å². The first-order valence-corrected chi connectivity index (χ1v) is 7.76. The predicted molar refractivity (Wildman–Crippen MR) is 83.5 cm³/mol. The van der Waals surface area contributed by atoms with E-state index in [0.717, 1.165) is 17.5 Å². The molecule has 2 atom stereocenters. The van der Waals surface area contributed by atoms with Crippen LogP contribution in [0.25, 0.3) is 0 Å². The van der Waals surface area contributed by atoms with Crippen molar-refractivity contribution in [3.05, 3.63) is 47.5 Å². The number of ether oxygens (including phenoxy) is 1. The van der Waals surface area contributed by atoms with Gasteiger partial charge in [-0.25, -0.2) is 4.79 Å². The van der Waals surface area contributed by atoms with Gasteiger partial charge >= 0.3 is 5.97 Å². The highest BCUT2D eigenvalue weighted by atomic mass is 16.5. The Balaban J connectivity index is 1.73. The van der Waals surface area contributed by atoms with Crippen molar-refractivity contribution in [3.63, 3.8) is 0 Å². The first kappa shape index (κ1) is 15.5. The van der Waals surface area contributed by atoms with E-state index in [1.807, 2.05) is 24.3 Å². The molecule has 23 heavy (non-hydrogen) atoms. The van der Waals surface area contributed by atoms with E-state index in [-0.39, 0.29) is 36.8 Å². The van der Waals surface area contributed by atoms with E-state index in [0.29, 0.717) is 12.0 Å². The molecule has 3 rings (SSSR count). The summed E-state index contributed by atoms with van der Waals surface area (Å²) >= 11 is 0. The van der Waals surface area contributed by atoms with Crippen molar-refractivity contribution in [1.82, 2.24) is 4.90 Å². The minimum atomic E-state index is -0.508. The summed E-state index contributed by atoms with van der Waals surface area (Å²) in [6.45, 7) is 5.16. The first-order chi connectivity index (χ1) is 11.0. The number of hydrogen-bond acceptors (Lipinski definition) is 4. The molecule has 120 valence electrons. The van der Waals surface area contributed by atoms with Crippen molar-refractivity contribution in [3.8, 4) is 0 Å². The van der Waals surface area contributed by atoms with Crippen molar-refractivity contribution in [1.29, 1.82) is 0 Å². The predicted octanol–water partition coefficient (Wildman–Crippen LogP) is 1.82. The van der Waals surface area contributed by atoms with Crippen molar-refractivity contribution in [2.24, 2.45) is 5.92 Å². The molecular weight excluding hydrogens is 294 g/mol. The summed E-state index contributed by atoms with van der Waals surface area (Å²) in [4.78, 5) is 37.8. The number of amides is 2. The van der Waals surface area contributed by atoms with Crippen LogP contribution in [0, 0.1) is 5.92 Å². The first-order valence-electron chi connectivity index (χ1n) is 7.76. The molecule has 5 nitrogen and oxygen atoms in total. The molecule has 1 aliphatic heterocycles. The topological polar surface area (TPSA) is 63.7 Å². The zero-order chi connectivity index (χ0) is 16.6. The minimum Gasteiger partial charge on any atom is -0.460 e. The van der Waals surface area contributed by atoms with Crippen LogP contribution < -0.4 is 0 Å². The second-order valence-corrected chi connectivity index (χ2v) is 6.07. The number of aryl methyl sites for hydroxylation is 1. The highest BCUT2D eigenvalue weighted by molar-refractivity contribution is 6.08. The number of likely N-dealkylation sites (tertiary alicyclic amines) is 1. The van der Waals surface area contributed by atoms with Gasteiger partial charge in [-0.05, 0) is 30.9 Å². The number of hydrogen-bond donors (Lipinski definition) is 0. The summed E-state index contributed by atoms with van der Waals surface area (Å²) in [5.74, 6) is -1.51. The van der Waals surface area contributed by atoms with Gasteiger partial charge in [0.2, 0.25) is 11.8 Å². The van der Waals surface area contributed by atoms with Crippen molar-refractivity contribution < 1.29 is 19.1 Å². The molecule has 2 amide bonds. The van der Waals surface area contributed by atoms with Gasteiger partial charge < -0.3 is 4.74 Å². The van der Waals surface area contributed by atoms with Crippen LogP contribution in [-0.4, -0.2) is 35.8 Å². The molecule has 1 fully saturated rings. The standard InChI is InChI=1S/C18H19NO4/c1-11(2)18(22)23-10-9-19-16(20)14-8-7-12-5-3-4-6-13(12)15(14)17(19)21/h3-6,14-15H,1,7-10H2,2H3. The number of carbonyl (C=O) groups is 3. The van der Waals surface area contributed by atoms with Gasteiger partial charge in [-0.15, -0.1) is 0 Å². The monoisotopic (exact) mass is 313 g/mol. The lowest BCUT2D eigenvalue weighted by atomic mass is 9.76. The van der Waals surface area contributed by atoms with Crippen LogP contribution in [0.4, 0.5) is 0 Å². The number of rotatable bonds is 4. The number of carbonyl (C=O) groups excluding carboxylic acids is 3. The molecule has 1 aliphatic carbocycles. The minimum absolute atomic E-state index is 0.00423. The van der Waals surface area contributed by atoms with Crippen LogP contribution in [-0.2, 0) is 25.5 Å². The SMILES string of the molecule is C=C(C)C(=O)OCCN1C(=O)C2CCc3ccccc3C2C1=O. The third kappa shape index (κ3) is 2.67. The number of fused-ring (bicyclic) bond motifs is 3. The van der Waals surface area contributed by atoms with Gasteiger partial charge in [-0.3, -0.25) is 14.5 Å². The molecule has 0 N–H and O–H groups in total. The third-order valence-corrected chi connectivity index (χ3v) is 4.53. The summed E-state index contributed by atoms with van der Waals surface area (Å²) in [7, 11) is 0. The Hall–Kier alpha value is -2.43. The number of imide groups is 1. The van der Waals surface area contributed by atoms with Crippen LogP contribution in [0.3, 0.4) is 0 Å². The van der Waals surface area contributed by atoms with Gasteiger partial charge in [0.05, 0.1) is 18.4 Å². The molecule has 1 saturated heterocycles. The molecular formula is C18H19NO4. The lowest BCUT2D eigenvalue weighted by Gasteiger charge is -2.24. The van der Waals surface area contributed by atoms with Gasteiger partial charge in [-0.2, -0.15) is 0 Å². The molecule has 1 heterocycles. The van der Waals surface area contributed by atoms with Crippen molar-refractivity contribution in [2.75, 3.05) is 13.2 Å². The van der Waals surface area contributed by atoms with E-state index in [1.54, 1.807) is 6.92 Å². The maximum atomic E-state index is 12.7. The number of esters is 1. The van der Waals surface area contributed by atoms with E-state index >= 15 is 0 Å². The van der Waals surface area contributed by atoms with Crippen molar-refractivity contribution in [2.45, 2.75) is 25.7 Å². The lowest BCUT2D eigenvalue weighted by molar-refractivity contribution is -0.145. The second kappa shape index (κ2) is 5.99. The van der Waals surface area contributed by atoms with Gasteiger partial charge in [-0.1, -0.05) is 30.8 Å². The fourth-order valence-electron chi connectivity index (χ4n) is 3.38. The van der Waals surface area contributed by atoms with Crippen LogP contribution >= 0.6 is 0 Å². The van der Waals surface area contributed by atoms with Crippen LogP contribution in [0.2, 0.25) is 0 Å². The van der Waals surface area contributed by atoms with E-state index in [4.69, 9.17) is 4.74 Å². The fraction of sp³-hybridized carbons (Fsp3) is 0.389. The van der Waals surface area contributed by atoms with Crippen molar-refractivity contribution >= 4 is 17.8 Å². The Bertz CT molecular complexity index is 694. The maximum Gasteiger partial charge on any atom is 0.333 e. The maximum absolute atomic E-state index is 12.7. The summed E-state index contributed by atoms with van der Waals surface area (Å²) in [5, 5.41) is 0. The molecule has 0 aromatic heterocycles. The Morgan fingerprint density at radius 1 is 1.30 bits per heavy atom. The quantitative estimate of drug-likeness (QED) is 0.483. The largest absolute Gasteiger partial charge is 0.460 e. The van der Waals surface area contributed by atoms with E-state index in [2.05, 4.69) is 6.58 Å². The summed E-state index contributed by atoms with van der Waals surface area (Å²) in [6, 6.07) is 7.80. The zero-order valence-electron chi connectivity index (χ0n) is 13.1. The summed E-state index contributed by atoms with van der Waals surface area (Å²) in [5.41, 5.74) is 2.40. The molecule has 2 unspecified atom stereocenters. The molecule has 0 spiro atoms. The van der Waals surface area contributed by atoms with Crippen LogP contribution in [0.15, 0.2) is 36.4 Å². The fourth-order valence-corrected chi connectivity index (χ4v) is 3.38. The van der Waals surface area contributed by atoms with Gasteiger partial charge in [0, 0.05) is 5.57 Å². The van der Waals surface area contributed by atoms with E-state index in [9.17, 15) is 14.4 Å². The molecule has 1 aromatic carbocycles. The Morgan fingerprint density at radius 3 is 2.78 bits per heavy atom. The van der Waals surface area contributed by atoms with Gasteiger partial charge in [0.15, 0.2) is 0 Å². The third-order valence-electron chi connectivity index (χ3n) is 4.53. The molecule has 0 radical (unpaired) electrons.